The second-order valence-electron chi connectivity index (χ2n) is 6.31. The van der Waals surface area contributed by atoms with E-state index in [0.29, 0.717) is 11.6 Å². The van der Waals surface area contributed by atoms with Crippen LogP contribution in [0.4, 0.5) is 0 Å². The maximum absolute atomic E-state index is 3.78. The van der Waals surface area contributed by atoms with Crippen LogP contribution in [-0.4, -0.2) is 36.1 Å². The second kappa shape index (κ2) is 4.66. The van der Waals surface area contributed by atoms with Gasteiger partial charge in [0.05, 0.1) is 0 Å². The summed E-state index contributed by atoms with van der Waals surface area (Å²) in [5, 5.41) is 3.78. The van der Waals surface area contributed by atoms with E-state index in [9.17, 15) is 0 Å². The molecule has 1 aliphatic carbocycles. The predicted octanol–water partition coefficient (Wildman–Crippen LogP) is 2.49. The smallest absolute Gasteiger partial charge is 0.0334 e. The number of nitrogens with one attached hydrogen (secondary N) is 1. The summed E-state index contributed by atoms with van der Waals surface area (Å²) in [4.78, 5) is 2.77. The van der Waals surface area contributed by atoms with Crippen LogP contribution in [0, 0.1) is 11.8 Å². The highest BCUT2D eigenvalue weighted by molar-refractivity contribution is 5.05. The summed E-state index contributed by atoms with van der Waals surface area (Å²) < 4.78 is 0. The average Bonchev–Trinajstić information content (AvgIpc) is 3.05. The van der Waals surface area contributed by atoms with Crippen LogP contribution in [-0.2, 0) is 0 Å². The van der Waals surface area contributed by atoms with Crippen LogP contribution >= 0.6 is 0 Å². The van der Waals surface area contributed by atoms with Crippen molar-refractivity contribution >= 4 is 0 Å². The van der Waals surface area contributed by atoms with E-state index in [2.05, 4.69) is 37.9 Å². The number of rotatable bonds is 4. The summed E-state index contributed by atoms with van der Waals surface area (Å²) in [5.74, 6) is 1.71. The monoisotopic (exact) mass is 224 g/mol. The SMILES string of the molecule is CCCN1CC(C(C)C)NCC1(C)C1CC1. The van der Waals surface area contributed by atoms with E-state index in [1.807, 2.05) is 0 Å². The van der Waals surface area contributed by atoms with Gasteiger partial charge in [-0.25, -0.2) is 0 Å². The molecule has 0 aromatic rings. The number of piperazine rings is 1. The lowest BCUT2D eigenvalue weighted by Crippen LogP contribution is -2.65. The van der Waals surface area contributed by atoms with Gasteiger partial charge in [0.1, 0.15) is 0 Å². The lowest BCUT2D eigenvalue weighted by Gasteiger charge is -2.49. The van der Waals surface area contributed by atoms with Crippen molar-refractivity contribution in [2.45, 2.75) is 58.5 Å². The van der Waals surface area contributed by atoms with E-state index in [4.69, 9.17) is 0 Å². The maximum atomic E-state index is 3.78. The van der Waals surface area contributed by atoms with Crippen molar-refractivity contribution in [2.75, 3.05) is 19.6 Å². The molecule has 1 saturated carbocycles. The fourth-order valence-electron chi connectivity index (χ4n) is 3.13. The topological polar surface area (TPSA) is 15.3 Å². The molecule has 0 amide bonds. The quantitative estimate of drug-likeness (QED) is 0.789. The molecule has 1 heterocycles. The molecule has 1 aliphatic heterocycles. The van der Waals surface area contributed by atoms with Crippen molar-refractivity contribution < 1.29 is 0 Å². The summed E-state index contributed by atoms with van der Waals surface area (Å²) in [7, 11) is 0. The van der Waals surface area contributed by atoms with E-state index in [1.54, 1.807) is 0 Å². The molecule has 2 heteroatoms. The minimum atomic E-state index is 0.446. The van der Waals surface area contributed by atoms with Gasteiger partial charge in [-0.1, -0.05) is 20.8 Å². The van der Waals surface area contributed by atoms with Gasteiger partial charge in [-0.2, -0.15) is 0 Å². The predicted molar refractivity (Wildman–Crippen MR) is 69.6 cm³/mol. The van der Waals surface area contributed by atoms with Crippen molar-refractivity contribution in [1.29, 1.82) is 0 Å². The Morgan fingerprint density at radius 3 is 2.56 bits per heavy atom. The number of hydrogen-bond acceptors (Lipinski definition) is 2. The Labute approximate surface area is 101 Å². The first kappa shape index (κ1) is 12.4. The molecule has 2 nitrogen and oxygen atoms in total. The molecule has 0 radical (unpaired) electrons. The molecule has 1 N–H and O–H groups in total. The molecule has 0 spiro atoms. The number of hydrogen-bond donors (Lipinski definition) is 1. The first-order valence-corrected chi connectivity index (χ1v) is 7.06. The lowest BCUT2D eigenvalue weighted by atomic mass is 9.87. The van der Waals surface area contributed by atoms with E-state index in [1.165, 1.54) is 38.9 Å². The van der Waals surface area contributed by atoms with Gasteiger partial charge in [0.15, 0.2) is 0 Å². The highest BCUT2D eigenvalue weighted by Crippen LogP contribution is 2.44. The van der Waals surface area contributed by atoms with Crippen LogP contribution in [0.3, 0.4) is 0 Å². The van der Waals surface area contributed by atoms with Crippen molar-refractivity contribution in [2.24, 2.45) is 11.8 Å². The Balaban J connectivity index is 2.04. The van der Waals surface area contributed by atoms with Crippen LogP contribution in [0.1, 0.15) is 47.0 Å². The lowest BCUT2D eigenvalue weighted by molar-refractivity contribution is 0.0257. The standard InChI is InChI=1S/C14H28N2/c1-5-8-16-9-13(11(2)3)15-10-14(16,4)12-6-7-12/h11-13,15H,5-10H2,1-4H3. The highest BCUT2D eigenvalue weighted by atomic mass is 15.3. The molecule has 94 valence electrons. The molecule has 0 aromatic carbocycles. The van der Waals surface area contributed by atoms with Crippen LogP contribution in [0.25, 0.3) is 0 Å². The zero-order valence-corrected chi connectivity index (χ0v) is 11.4. The molecule has 0 bridgehead atoms. The third-order valence-electron chi connectivity index (χ3n) is 4.62. The minimum absolute atomic E-state index is 0.446. The zero-order valence-electron chi connectivity index (χ0n) is 11.4. The van der Waals surface area contributed by atoms with Crippen LogP contribution in [0.2, 0.25) is 0 Å². The molecule has 16 heavy (non-hydrogen) atoms. The molecule has 2 aliphatic rings. The Kier molecular flexibility index (Phi) is 3.60. The summed E-state index contributed by atoms with van der Waals surface area (Å²) >= 11 is 0. The Hall–Kier alpha value is -0.0800. The van der Waals surface area contributed by atoms with Gasteiger partial charge in [-0.3, -0.25) is 4.90 Å². The van der Waals surface area contributed by atoms with Crippen molar-refractivity contribution in [3.05, 3.63) is 0 Å². The van der Waals surface area contributed by atoms with Crippen LogP contribution < -0.4 is 5.32 Å². The van der Waals surface area contributed by atoms with Crippen molar-refractivity contribution in [3.8, 4) is 0 Å². The van der Waals surface area contributed by atoms with Crippen molar-refractivity contribution in [3.63, 3.8) is 0 Å². The van der Waals surface area contributed by atoms with Crippen LogP contribution in [0.5, 0.6) is 0 Å². The third kappa shape index (κ3) is 2.28. The Bertz CT molecular complexity index is 235. The second-order valence-corrected chi connectivity index (χ2v) is 6.31. The highest BCUT2D eigenvalue weighted by Gasteiger charge is 2.48. The van der Waals surface area contributed by atoms with E-state index in [0.717, 1.165) is 11.8 Å². The number of nitrogens with zero attached hydrogens (tertiary/aromatic N) is 1. The fraction of sp³-hybridized carbons (Fsp3) is 1.00. The summed E-state index contributed by atoms with van der Waals surface area (Å²) in [5.41, 5.74) is 0.446. The van der Waals surface area contributed by atoms with E-state index < -0.39 is 0 Å². The fourth-order valence-corrected chi connectivity index (χ4v) is 3.13. The minimum Gasteiger partial charge on any atom is -0.311 e. The normalized spacial score (nSPS) is 36.9. The molecule has 2 rings (SSSR count). The summed E-state index contributed by atoms with van der Waals surface area (Å²) in [6.07, 6.45) is 4.18. The van der Waals surface area contributed by atoms with Gasteiger partial charge in [-0.15, -0.1) is 0 Å². The van der Waals surface area contributed by atoms with Gasteiger partial charge >= 0.3 is 0 Å². The maximum Gasteiger partial charge on any atom is 0.0334 e. The zero-order chi connectivity index (χ0) is 11.8. The molecule has 2 fully saturated rings. The van der Waals surface area contributed by atoms with Gasteiger partial charge in [0.25, 0.3) is 0 Å². The summed E-state index contributed by atoms with van der Waals surface area (Å²) in [6.45, 7) is 13.2. The average molecular weight is 224 g/mol. The molecular formula is C14H28N2. The molecular weight excluding hydrogens is 196 g/mol. The van der Waals surface area contributed by atoms with Crippen molar-refractivity contribution in [1.82, 2.24) is 10.2 Å². The largest absolute Gasteiger partial charge is 0.311 e. The van der Waals surface area contributed by atoms with Gasteiger partial charge in [-0.05, 0) is 44.6 Å². The summed E-state index contributed by atoms with van der Waals surface area (Å²) in [6, 6.07) is 0.693. The molecule has 2 unspecified atom stereocenters. The third-order valence-corrected chi connectivity index (χ3v) is 4.62. The Morgan fingerprint density at radius 1 is 1.38 bits per heavy atom. The van der Waals surface area contributed by atoms with Gasteiger partial charge < -0.3 is 5.32 Å². The first-order chi connectivity index (χ1) is 7.58. The van der Waals surface area contributed by atoms with Gasteiger partial charge in [0, 0.05) is 24.7 Å². The molecule has 2 atom stereocenters. The van der Waals surface area contributed by atoms with Gasteiger partial charge in [0.2, 0.25) is 0 Å². The van der Waals surface area contributed by atoms with E-state index in [-0.39, 0.29) is 0 Å². The van der Waals surface area contributed by atoms with Crippen LogP contribution in [0.15, 0.2) is 0 Å². The molecule has 0 aromatic heterocycles. The molecule has 1 saturated heterocycles. The van der Waals surface area contributed by atoms with E-state index >= 15 is 0 Å². The first-order valence-electron chi connectivity index (χ1n) is 7.06. The Morgan fingerprint density at radius 2 is 2.06 bits per heavy atom.